The van der Waals surface area contributed by atoms with E-state index in [1.165, 1.54) is 24.3 Å². The fourth-order valence-corrected chi connectivity index (χ4v) is 2.22. The second-order valence-corrected chi connectivity index (χ2v) is 6.26. The molecule has 0 amide bonds. The quantitative estimate of drug-likeness (QED) is 0.350. The third-order valence-corrected chi connectivity index (χ3v) is 3.72. The van der Waals surface area contributed by atoms with Crippen molar-refractivity contribution < 1.29 is 17.6 Å². The summed E-state index contributed by atoms with van der Waals surface area (Å²) in [6, 6.07) is 8.82. The van der Waals surface area contributed by atoms with E-state index in [-0.39, 0.29) is 4.90 Å². The van der Waals surface area contributed by atoms with Gasteiger partial charge in [-0.25, -0.2) is 8.42 Å². The van der Waals surface area contributed by atoms with Gasteiger partial charge in [0.2, 0.25) is 5.15 Å². The Hall–Kier alpha value is -1.54. The Kier molecular flexibility index (Phi) is 5.79. The summed E-state index contributed by atoms with van der Waals surface area (Å²) in [5.41, 5.74) is 6.32. The highest BCUT2D eigenvalue weighted by molar-refractivity contribution is 7.85. The highest BCUT2D eigenvalue weighted by Gasteiger charge is 2.06. The van der Waals surface area contributed by atoms with E-state index >= 15 is 0 Å². The first kappa shape index (κ1) is 17.5. The summed E-state index contributed by atoms with van der Waals surface area (Å²) in [4.78, 5) is -0.178. The molecule has 114 valence electrons. The third-order valence-electron chi connectivity index (χ3n) is 2.36. The van der Waals surface area contributed by atoms with E-state index in [1.54, 1.807) is 12.1 Å². The van der Waals surface area contributed by atoms with Crippen molar-refractivity contribution in [1.82, 2.24) is 0 Å². The van der Waals surface area contributed by atoms with Crippen molar-refractivity contribution in [1.29, 1.82) is 0 Å². The normalized spacial score (nSPS) is 10.7. The van der Waals surface area contributed by atoms with E-state index in [2.05, 4.69) is 0 Å². The van der Waals surface area contributed by atoms with Crippen molar-refractivity contribution in [3.8, 4) is 0 Å². The lowest BCUT2D eigenvalue weighted by Crippen LogP contribution is -2.47. The largest absolute Gasteiger partial charge is 0.744 e. The van der Waals surface area contributed by atoms with Gasteiger partial charge < -0.3 is 4.55 Å². The Bertz CT molecular complexity index is 711. The first-order valence-corrected chi connectivity index (χ1v) is 7.72. The van der Waals surface area contributed by atoms with Gasteiger partial charge in [0.25, 0.3) is 5.82 Å². The molecule has 0 saturated carbocycles. The summed E-state index contributed by atoms with van der Waals surface area (Å²) >= 11 is 11.2. The molecular weight excluding hydrogens is 337 g/mol. The van der Waals surface area contributed by atoms with Crippen molar-refractivity contribution in [2.45, 2.75) is 11.8 Å². The van der Waals surface area contributed by atoms with Gasteiger partial charge in [0.15, 0.2) is 0 Å². The molecule has 0 unspecified atom stereocenters. The summed E-state index contributed by atoms with van der Waals surface area (Å²) in [6.07, 6.45) is 0. The van der Waals surface area contributed by atoms with Crippen LogP contribution in [0.2, 0.25) is 10.2 Å². The second-order valence-electron chi connectivity index (χ2n) is 4.06. The summed E-state index contributed by atoms with van der Waals surface area (Å²) in [6.45, 7) is 1.82. The Morgan fingerprint density at radius 1 is 1.14 bits per heavy atom. The van der Waals surface area contributed by atoms with Gasteiger partial charge in [-0.05, 0) is 30.7 Å². The summed E-state index contributed by atoms with van der Waals surface area (Å²) in [7, 11) is -4.27. The molecule has 2 aromatic rings. The number of hydrogen-bond donors (Lipinski definition) is 2. The molecule has 0 saturated heterocycles. The summed E-state index contributed by atoms with van der Waals surface area (Å²) in [5.74, 6) is 5.68. The minimum atomic E-state index is -4.27. The van der Waals surface area contributed by atoms with Crippen LogP contribution in [-0.4, -0.2) is 13.0 Å². The van der Waals surface area contributed by atoms with Crippen molar-refractivity contribution in [3.05, 3.63) is 52.1 Å². The zero-order valence-electron chi connectivity index (χ0n) is 11.0. The van der Waals surface area contributed by atoms with Gasteiger partial charge in [-0.1, -0.05) is 29.3 Å². The van der Waals surface area contributed by atoms with Crippen LogP contribution in [0.15, 0.2) is 41.3 Å². The van der Waals surface area contributed by atoms with E-state index in [9.17, 15) is 13.0 Å². The maximum absolute atomic E-state index is 10.4. The molecule has 0 bridgehead atoms. The lowest BCUT2D eigenvalue weighted by Gasteiger charge is -2.05. The maximum Gasteiger partial charge on any atom is 0.298 e. The van der Waals surface area contributed by atoms with Gasteiger partial charge in [-0.3, -0.25) is 11.6 Å². The van der Waals surface area contributed by atoms with Crippen LogP contribution in [0.1, 0.15) is 5.56 Å². The average Bonchev–Trinajstić information content (AvgIpc) is 2.36. The first-order valence-electron chi connectivity index (χ1n) is 5.55. The van der Waals surface area contributed by atoms with Crippen molar-refractivity contribution in [3.63, 3.8) is 0 Å². The fourth-order valence-electron chi connectivity index (χ4n) is 1.26. The van der Waals surface area contributed by atoms with Gasteiger partial charge in [0.1, 0.15) is 10.1 Å². The van der Waals surface area contributed by atoms with Crippen LogP contribution in [0.25, 0.3) is 0 Å². The molecule has 0 radical (unpaired) electrons. The van der Waals surface area contributed by atoms with E-state index in [4.69, 9.17) is 34.8 Å². The number of nitrogen functional groups attached to an aromatic ring is 2. The molecule has 6 nitrogen and oxygen atoms in total. The predicted molar refractivity (Wildman–Crippen MR) is 80.4 cm³/mol. The van der Waals surface area contributed by atoms with Gasteiger partial charge in [0.05, 0.1) is 9.92 Å². The molecule has 1 aromatic carbocycles. The molecule has 1 heterocycles. The van der Waals surface area contributed by atoms with E-state index in [1.807, 2.05) is 6.92 Å². The molecule has 0 spiro atoms. The van der Waals surface area contributed by atoms with Gasteiger partial charge in [-0.2, -0.15) is 0 Å². The predicted octanol–water partition coefficient (Wildman–Crippen LogP) is 1.48. The molecule has 4 N–H and O–H groups in total. The monoisotopic (exact) mass is 349 g/mol. The van der Waals surface area contributed by atoms with Gasteiger partial charge >= 0.3 is 0 Å². The van der Waals surface area contributed by atoms with E-state index in [0.717, 1.165) is 10.2 Å². The van der Waals surface area contributed by atoms with Crippen LogP contribution in [0, 0.1) is 6.92 Å². The number of nitrogens with two attached hydrogens (primary N) is 2. The highest BCUT2D eigenvalue weighted by Crippen LogP contribution is 2.13. The minimum Gasteiger partial charge on any atom is -0.744 e. The van der Waals surface area contributed by atoms with Crippen molar-refractivity contribution in [2.75, 3.05) is 11.6 Å². The lowest BCUT2D eigenvalue weighted by molar-refractivity contribution is -0.621. The van der Waals surface area contributed by atoms with Crippen LogP contribution in [0.3, 0.4) is 0 Å². The minimum absolute atomic E-state index is 0.178. The van der Waals surface area contributed by atoms with Crippen LogP contribution in [-0.2, 0) is 10.1 Å². The highest BCUT2D eigenvalue weighted by atomic mass is 35.5. The summed E-state index contributed by atoms with van der Waals surface area (Å²) < 4.78 is 32.3. The Balaban J connectivity index is 0.000000211. The lowest BCUT2D eigenvalue weighted by atomic mass is 10.2. The van der Waals surface area contributed by atoms with Gasteiger partial charge in [-0.15, -0.1) is 4.68 Å². The molecule has 9 heteroatoms. The van der Waals surface area contributed by atoms with Crippen LogP contribution >= 0.6 is 23.2 Å². The SMILES string of the molecule is Cc1ccc(S(=O)(=O)[O-])cc1.Nc1cc(Cl)cc(Cl)[n+]1N. The number of halogens is 2. The topological polar surface area (TPSA) is 113 Å². The average molecular weight is 350 g/mol. The molecule has 21 heavy (non-hydrogen) atoms. The first-order chi connectivity index (χ1) is 9.61. The molecule has 2 rings (SSSR count). The van der Waals surface area contributed by atoms with Gasteiger partial charge in [0, 0.05) is 12.1 Å². The van der Waals surface area contributed by atoms with E-state index in [0.29, 0.717) is 16.0 Å². The van der Waals surface area contributed by atoms with Crippen LogP contribution in [0.5, 0.6) is 0 Å². The molecule has 0 aliphatic heterocycles. The van der Waals surface area contributed by atoms with Crippen LogP contribution < -0.4 is 16.3 Å². The molecule has 1 aromatic heterocycles. The Labute approximate surface area is 132 Å². The zero-order chi connectivity index (χ0) is 16.2. The number of rotatable bonds is 1. The Morgan fingerprint density at radius 3 is 2.10 bits per heavy atom. The number of aryl methyl sites for hydroxylation is 1. The molecule has 0 fully saturated rings. The third kappa shape index (κ3) is 5.39. The second kappa shape index (κ2) is 6.95. The number of hydrogen-bond acceptors (Lipinski definition) is 5. The number of nitrogens with zero attached hydrogens (tertiary/aromatic N) is 1. The Morgan fingerprint density at radius 2 is 1.67 bits per heavy atom. The fraction of sp³-hybridized carbons (Fsp3) is 0.0833. The molecule has 0 aliphatic rings. The number of pyridine rings is 1. The maximum atomic E-state index is 10.4. The number of aromatic nitrogens is 1. The number of anilines is 1. The van der Waals surface area contributed by atoms with E-state index < -0.39 is 10.1 Å². The molecular formula is C12H13Cl2N3O3S. The smallest absolute Gasteiger partial charge is 0.298 e. The summed E-state index contributed by atoms with van der Waals surface area (Å²) in [5, 5.41) is 0.786. The van der Waals surface area contributed by atoms with Crippen molar-refractivity contribution >= 4 is 39.1 Å². The van der Waals surface area contributed by atoms with Crippen LogP contribution in [0.4, 0.5) is 5.82 Å². The number of benzene rings is 1. The standard InChI is InChI=1S/C7H8O3S.C5H5Cl2N3/c1-6-2-4-7(5-3-6)11(8,9)10;6-3-1-4(7)10(9)5(8)2-3/h2-5H,1H3,(H,8,9,10);1-2,8H,9H2. The molecule has 0 aliphatic carbocycles. The van der Waals surface area contributed by atoms with Crippen molar-refractivity contribution in [2.24, 2.45) is 0 Å². The zero-order valence-corrected chi connectivity index (χ0v) is 13.3. The molecule has 0 atom stereocenters.